The highest BCUT2D eigenvalue weighted by molar-refractivity contribution is 5.65. The Balaban J connectivity index is 0.00000103. The topological polar surface area (TPSA) is 12.0 Å². The number of hydrogen-bond acceptors (Lipinski definition) is 1. The molecule has 0 saturated heterocycles. The molecule has 3 rings (SSSR count). The molecule has 0 bridgehead atoms. The fraction of sp³-hybridized carbons (Fsp3) is 0.282. The summed E-state index contributed by atoms with van der Waals surface area (Å²) in [7, 11) is 0. The maximum atomic E-state index is 14.6. The summed E-state index contributed by atoms with van der Waals surface area (Å²) in [6.45, 7) is 23.8. The van der Waals surface area contributed by atoms with Crippen molar-refractivity contribution < 1.29 is 4.39 Å². The molecule has 41 heavy (non-hydrogen) atoms. The van der Waals surface area contributed by atoms with E-state index in [4.69, 9.17) is 6.42 Å². The fourth-order valence-electron chi connectivity index (χ4n) is 3.75. The number of nitrogens with one attached hydrogen (secondary N) is 1. The molecule has 0 aromatic heterocycles. The van der Waals surface area contributed by atoms with E-state index in [0.717, 1.165) is 33.6 Å². The van der Waals surface area contributed by atoms with Gasteiger partial charge >= 0.3 is 0 Å². The van der Waals surface area contributed by atoms with Crippen LogP contribution in [-0.4, -0.2) is 5.67 Å². The van der Waals surface area contributed by atoms with Gasteiger partial charge < -0.3 is 5.32 Å². The Labute approximate surface area is 250 Å². The highest BCUT2D eigenvalue weighted by Gasteiger charge is 2.30. The lowest BCUT2D eigenvalue weighted by Gasteiger charge is -2.26. The maximum Gasteiger partial charge on any atom is 0.125 e. The van der Waals surface area contributed by atoms with E-state index < -0.39 is 5.67 Å². The van der Waals surface area contributed by atoms with Gasteiger partial charge in [-0.05, 0) is 80.6 Å². The number of hydrogen-bond donors (Lipinski definition) is 1. The first-order valence-corrected chi connectivity index (χ1v) is 13.9. The molecule has 0 fully saturated rings. The molecule has 1 N–H and O–H groups in total. The third-order valence-electron chi connectivity index (χ3n) is 6.61. The molecule has 0 saturated carbocycles. The van der Waals surface area contributed by atoms with Crippen molar-refractivity contribution in [2.75, 3.05) is 5.32 Å². The molecule has 2 unspecified atom stereocenters. The van der Waals surface area contributed by atoms with E-state index >= 15 is 0 Å². The second-order valence-electron chi connectivity index (χ2n) is 9.98. The van der Waals surface area contributed by atoms with Crippen LogP contribution >= 0.6 is 0 Å². The maximum absolute atomic E-state index is 14.6. The smallest absolute Gasteiger partial charge is 0.125 e. The van der Waals surface area contributed by atoms with Gasteiger partial charge in [-0.25, -0.2) is 4.39 Å². The van der Waals surface area contributed by atoms with Gasteiger partial charge in [0.15, 0.2) is 0 Å². The van der Waals surface area contributed by atoms with Crippen molar-refractivity contribution in [1.82, 2.24) is 0 Å². The lowest BCUT2D eigenvalue weighted by molar-refractivity contribution is 0.161. The Morgan fingerprint density at radius 1 is 0.951 bits per heavy atom. The van der Waals surface area contributed by atoms with Crippen LogP contribution in [0.5, 0.6) is 0 Å². The number of halogens is 1. The van der Waals surface area contributed by atoms with Gasteiger partial charge in [-0.15, -0.1) is 25.2 Å². The third-order valence-corrected chi connectivity index (χ3v) is 6.61. The van der Waals surface area contributed by atoms with Gasteiger partial charge in [0.25, 0.3) is 0 Å². The summed E-state index contributed by atoms with van der Waals surface area (Å²) in [5, 5.41) is 3.26. The molecule has 0 spiro atoms. The molecule has 0 aliphatic heterocycles. The molecule has 0 radical (unpaired) electrons. The predicted molar refractivity (Wildman–Crippen MR) is 183 cm³/mol. The first-order valence-electron chi connectivity index (χ1n) is 13.9. The average Bonchev–Trinajstić information content (AvgIpc) is 2.96. The molecule has 0 amide bonds. The quantitative estimate of drug-likeness (QED) is 0.218. The van der Waals surface area contributed by atoms with Crippen molar-refractivity contribution >= 4 is 17.3 Å². The van der Waals surface area contributed by atoms with Crippen LogP contribution in [0, 0.1) is 46.0 Å². The minimum absolute atomic E-state index is 0.106. The zero-order chi connectivity index (χ0) is 31.6. The monoisotopic (exact) mass is 549 g/mol. The van der Waals surface area contributed by atoms with E-state index in [-0.39, 0.29) is 12.3 Å². The number of benzene rings is 3. The van der Waals surface area contributed by atoms with Crippen molar-refractivity contribution in [3.05, 3.63) is 125 Å². The highest BCUT2D eigenvalue weighted by atomic mass is 19.1. The van der Waals surface area contributed by atoms with Gasteiger partial charge in [0.2, 0.25) is 0 Å². The summed E-state index contributed by atoms with van der Waals surface area (Å²) in [4.78, 5) is 0. The molecule has 0 heterocycles. The number of rotatable bonds is 8. The van der Waals surface area contributed by atoms with Gasteiger partial charge in [-0.2, -0.15) is 0 Å². The van der Waals surface area contributed by atoms with Gasteiger partial charge in [0.1, 0.15) is 5.67 Å². The van der Waals surface area contributed by atoms with Crippen LogP contribution in [0.25, 0.3) is 11.6 Å². The Kier molecular flexibility index (Phi) is 16.9. The van der Waals surface area contributed by atoms with Crippen molar-refractivity contribution in [3.63, 3.8) is 0 Å². The van der Waals surface area contributed by atoms with Gasteiger partial charge in [-0.3, -0.25) is 0 Å². The first kappa shape index (κ1) is 36.7. The summed E-state index contributed by atoms with van der Waals surface area (Å²) in [5.41, 5.74) is 8.56. The minimum Gasteiger partial charge on any atom is -0.356 e. The van der Waals surface area contributed by atoms with E-state index in [1.165, 1.54) is 16.7 Å². The van der Waals surface area contributed by atoms with Crippen LogP contribution in [0.3, 0.4) is 0 Å². The molecular formula is C39H48FN. The number of aryl methyl sites for hydroxylation is 3. The van der Waals surface area contributed by atoms with Crippen LogP contribution in [0.2, 0.25) is 0 Å². The largest absolute Gasteiger partial charge is 0.356 e. The summed E-state index contributed by atoms with van der Waals surface area (Å²) in [5.74, 6) is 2.16. The standard InChI is InChI=1S/C26H28FN.C9H12.C2H6.C2H2/c1-7-18-26(6,27)21(5)24-12-10-22(11-13-24)9-8-20(4)28-25-16-14-23(15-17-25)19(2)3;1-7-4-5-8(2)9(3)6-7;2*1-2/h1,8-17,21,28H,2,4,18H2,3,5-6H3;4-6H,1-3H3;1-2H3;1-2H/b9-8+;;;. The fourth-order valence-corrected chi connectivity index (χ4v) is 3.75. The van der Waals surface area contributed by atoms with Crippen LogP contribution < -0.4 is 5.32 Å². The lowest BCUT2D eigenvalue weighted by atomic mass is 9.84. The average molecular weight is 550 g/mol. The molecule has 2 heteroatoms. The van der Waals surface area contributed by atoms with Gasteiger partial charge in [0, 0.05) is 23.7 Å². The predicted octanol–water partition coefficient (Wildman–Crippen LogP) is 11.1. The molecule has 1 nitrogen and oxygen atoms in total. The zero-order valence-corrected chi connectivity index (χ0v) is 26.3. The van der Waals surface area contributed by atoms with Crippen molar-refractivity contribution in [2.45, 2.75) is 73.4 Å². The van der Waals surface area contributed by atoms with Gasteiger partial charge in [0.05, 0.1) is 0 Å². The van der Waals surface area contributed by atoms with E-state index in [1.807, 2.05) is 88.4 Å². The molecule has 3 aromatic rings. The number of allylic oxidation sites excluding steroid dienone is 2. The summed E-state index contributed by atoms with van der Waals surface area (Å²) >= 11 is 0. The van der Waals surface area contributed by atoms with E-state index in [1.54, 1.807) is 6.92 Å². The summed E-state index contributed by atoms with van der Waals surface area (Å²) in [6, 6.07) is 22.4. The minimum atomic E-state index is -1.41. The third kappa shape index (κ3) is 13.1. The number of alkyl halides is 1. The molecular weight excluding hydrogens is 501 g/mol. The molecule has 216 valence electrons. The van der Waals surface area contributed by atoms with Gasteiger partial charge in [-0.1, -0.05) is 106 Å². The Morgan fingerprint density at radius 2 is 1.51 bits per heavy atom. The SMILES string of the molecule is C#C.C#CCC(C)(F)C(C)c1ccc(/C=C/C(=C)Nc2ccc(C(=C)C)cc2)cc1.CC.Cc1ccc(C)c(C)c1. The lowest BCUT2D eigenvalue weighted by Crippen LogP contribution is -2.25. The highest BCUT2D eigenvalue weighted by Crippen LogP contribution is 2.34. The van der Waals surface area contributed by atoms with Crippen LogP contribution in [-0.2, 0) is 0 Å². The van der Waals surface area contributed by atoms with E-state index in [2.05, 4.69) is 76.2 Å². The summed E-state index contributed by atoms with van der Waals surface area (Å²) in [6.07, 6.45) is 17.3. The van der Waals surface area contributed by atoms with Crippen molar-refractivity contribution in [2.24, 2.45) is 0 Å². The molecule has 0 aliphatic carbocycles. The molecule has 3 aromatic carbocycles. The number of anilines is 1. The van der Waals surface area contributed by atoms with E-state index in [0.29, 0.717) is 0 Å². The van der Waals surface area contributed by atoms with Crippen molar-refractivity contribution in [3.8, 4) is 25.2 Å². The van der Waals surface area contributed by atoms with Crippen LogP contribution in [0.15, 0.2) is 91.7 Å². The van der Waals surface area contributed by atoms with Crippen molar-refractivity contribution in [1.29, 1.82) is 0 Å². The second-order valence-corrected chi connectivity index (χ2v) is 9.98. The molecule has 2 atom stereocenters. The zero-order valence-electron chi connectivity index (χ0n) is 26.3. The van der Waals surface area contributed by atoms with Crippen LogP contribution in [0.1, 0.15) is 80.3 Å². The van der Waals surface area contributed by atoms with Crippen LogP contribution in [0.4, 0.5) is 10.1 Å². The first-order chi connectivity index (χ1) is 19.4. The normalized spacial score (nSPS) is 12.0. The second kappa shape index (κ2) is 18.9. The van der Waals surface area contributed by atoms with E-state index in [9.17, 15) is 4.39 Å². The molecule has 0 aliphatic rings. The number of terminal acetylenes is 2. The summed E-state index contributed by atoms with van der Waals surface area (Å²) < 4.78 is 14.6. The Bertz CT molecular complexity index is 1310. The Hall–Kier alpha value is -4.27. The Morgan fingerprint density at radius 3 is 1.98 bits per heavy atom.